The van der Waals surface area contributed by atoms with Gasteiger partial charge in [0.15, 0.2) is 0 Å². The summed E-state index contributed by atoms with van der Waals surface area (Å²) < 4.78 is 2.05. The monoisotopic (exact) mass is 363 g/mol. The van der Waals surface area contributed by atoms with Crippen molar-refractivity contribution in [2.45, 2.75) is 12.5 Å². The number of carboxylic acids is 1. The Hall–Kier alpha value is -3.19. The maximum absolute atomic E-state index is 11.5. The zero-order valence-corrected chi connectivity index (χ0v) is 15.0. The van der Waals surface area contributed by atoms with Gasteiger partial charge in [-0.15, -0.1) is 0 Å². The first-order valence-corrected chi connectivity index (χ1v) is 8.89. The normalized spacial score (nSPS) is 17.1. The lowest BCUT2D eigenvalue weighted by atomic mass is 10.1. The molecule has 0 radical (unpaired) electrons. The summed E-state index contributed by atoms with van der Waals surface area (Å²) in [4.78, 5) is 17.9. The number of anilines is 2. The number of pyridine rings is 1. The summed E-state index contributed by atoms with van der Waals surface area (Å²) >= 11 is 0. The van der Waals surface area contributed by atoms with Gasteiger partial charge in [-0.2, -0.15) is 5.10 Å². The van der Waals surface area contributed by atoms with Crippen molar-refractivity contribution in [1.82, 2.24) is 19.7 Å². The molecule has 7 heteroatoms. The van der Waals surface area contributed by atoms with Gasteiger partial charge in [0, 0.05) is 18.3 Å². The van der Waals surface area contributed by atoms with Crippen LogP contribution >= 0.6 is 0 Å². The predicted octanol–water partition coefficient (Wildman–Crippen LogP) is 3.26. The number of nitrogens with one attached hydrogen (secondary N) is 1. The smallest absolute Gasteiger partial charge is 0.337 e. The van der Waals surface area contributed by atoms with Gasteiger partial charge in [-0.05, 0) is 26.1 Å². The molecule has 1 aliphatic rings. The highest BCUT2D eigenvalue weighted by Crippen LogP contribution is 2.35. The molecule has 0 amide bonds. The number of aromatic nitrogens is 3. The second kappa shape index (κ2) is 7.20. The molecule has 0 bridgehead atoms. The molecule has 7 nitrogen and oxygen atoms in total. The molecule has 3 aromatic rings. The van der Waals surface area contributed by atoms with Gasteiger partial charge in [-0.3, -0.25) is 9.67 Å². The molecule has 1 aromatic carbocycles. The van der Waals surface area contributed by atoms with E-state index in [2.05, 4.69) is 32.0 Å². The van der Waals surface area contributed by atoms with Gasteiger partial charge in [0.25, 0.3) is 0 Å². The van der Waals surface area contributed by atoms with Gasteiger partial charge in [-0.1, -0.05) is 30.3 Å². The first kappa shape index (κ1) is 17.2. The Bertz CT molecular complexity index is 954. The second-order valence-electron chi connectivity index (χ2n) is 6.77. The Morgan fingerprint density at radius 3 is 2.70 bits per heavy atom. The third-order valence-corrected chi connectivity index (χ3v) is 4.88. The van der Waals surface area contributed by atoms with E-state index in [1.54, 1.807) is 6.20 Å². The Kier molecular flexibility index (Phi) is 4.60. The van der Waals surface area contributed by atoms with E-state index in [0.29, 0.717) is 5.69 Å². The van der Waals surface area contributed by atoms with Crippen LogP contribution in [0.5, 0.6) is 0 Å². The van der Waals surface area contributed by atoms with E-state index in [1.165, 1.54) is 18.5 Å². The van der Waals surface area contributed by atoms with Crippen molar-refractivity contribution in [3.63, 3.8) is 0 Å². The Labute approximate surface area is 157 Å². The minimum absolute atomic E-state index is 0.178. The molecular formula is C20H21N5O2. The molecule has 27 heavy (non-hydrogen) atoms. The second-order valence-corrected chi connectivity index (χ2v) is 6.77. The standard InChI is InChI=1S/C20H21N5O2/c1-24-10-8-15(13-24)25-19(14-5-3-2-4-6-14)18(12-22-25)23-17-11-21-9-7-16(17)20(26)27/h2-7,9,11-12,15,23H,8,10,13H2,1H3,(H,26,27). The van der Waals surface area contributed by atoms with Crippen molar-refractivity contribution >= 4 is 17.3 Å². The third-order valence-electron chi connectivity index (χ3n) is 4.88. The quantitative estimate of drug-likeness (QED) is 0.724. The van der Waals surface area contributed by atoms with E-state index < -0.39 is 5.97 Å². The molecule has 1 atom stereocenters. The van der Waals surface area contributed by atoms with Gasteiger partial charge in [0.1, 0.15) is 0 Å². The first-order valence-electron chi connectivity index (χ1n) is 8.89. The van der Waals surface area contributed by atoms with Crippen molar-refractivity contribution in [2.75, 3.05) is 25.5 Å². The lowest BCUT2D eigenvalue weighted by Crippen LogP contribution is -2.17. The summed E-state index contributed by atoms with van der Waals surface area (Å²) in [6.07, 6.45) is 5.80. The summed E-state index contributed by atoms with van der Waals surface area (Å²) in [5.41, 5.74) is 3.39. The van der Waals surface area contributed by atoms with Crippen LogP contribution in [0.3, 0.4) is 0 Å². The highest BCUT2D eigenvalue weighted by atomic mass is 16.4. The van der Waals surface area contributed by atoms with E-state index in [9.17, 15) is 9.90 Å². The topological polar surface area (TPSA) is 83.3 Å². The maximum Gasteiger partial charge on any atom is 0.337 e. The third kappa shape index (κ3) is 3.41. The van der Waals surface area contributed by atoms with Crippen molar-refractivity contribution < 1.29 is 9.90 Å². The van der Waals surface area contributed by atoms with Crippen molar-refractivity contribution in [2.24, 2.45) is 0 Å². The largest absolute Gasteiger partial charge is 0.478 e. The number of carboxylic acid groups (broad SMARTS) is 1. The molecule has 0 spiro atoms. The Balaban J connectivity index is 1.78. The van der Waals surface area contributed by atoms with Gasteiger partial charge in [-0.25, -0.2) is 4.79 Å². The lowest BCUT2D eigenvalue weighted by molar-refractivity contribution is 0.0698. The molecule has 1 fully saturated rings. The van der Waals surface area contributed by atoms with Crippen molar-refractivity contribution in [3.8, 4) is 11.3 Å². The molecule has 1 aliphatic heterocycles. The van der Waals surface area contributed by atoms with E-state index in [-0.39, 0.29) is 11.6 Å². The first-order chi connectivity index (χ1) is 13.1. The van der Waals surface area contributed by atoms with Gasteiger partial charge in [0.05, 0.1) is 41.1 Å². The summed E-state index contributed by atoms with van der Waals surface area (Å²) in [5, 5.41) is 17.3. The fourth-order valence-corrected chi connectivity index (χ4v) is 3.55. The number of likely N-dealkylation sites (tertiary alicyclic amines) is 1. The van der Waals surface area contributed by atoms with E-state index in [4.69, 9.17) is 0 Å². The fourth-order valence-electron chi connectivity index (χ4n) is 3.55. The molecular weight excluding hydrogens is 342 g/mol. The molecule has 1 unspecified atom stereocenters. The van der Waals surface area contributed by atoms with Crippen LogP contribution in [-0.4, -0.2) is 50.9 Å². The van der Waals surface area contributed by atoms with Crippen LogP contribution in [0.4, 0.5) is 11.4 Å². The summed E-state index contributed by atoms with van der Waals surface area (Å²) in [5.74, 6) is -0.994. The number of carbonyl (C=O) groups is 1. The maximum atomic E-state index is 11.5. The van der Waals surface area contributed by atoms with Crippen LogP contribution in [0.2, 0.25) is 0 Å². The van der Waals surface area contributed by atoms with Crippen LogP contribution in [-0.2, 0) is 0 Å². The number of hydrogen-bond acceptors (Lipinski definition) is 5. The predicted molar refractivity (Wildman–Crippen MR) is 103 cm³/mol. The van der Waals surface area contributed by atoms with Crippen molar-refractivity contribution in [3.05, 3.63) is 60.6 Å². The fraction of sp³-hybridized carbons (Fsp3) is 0.250. The van der Waals surface area contributed by atoms with Gasteiger partial charge in [0.2, 0.25) is 0 Å². The van der Waals surface area contributed by atoms with Gasteiger partial charge >= 0.3 is 5.97 Å². The Morgan fingerprint density at radius 1 is 1.19 bits per heavy atom. The number of aromatic carboxylic acids is 1. The average molecular weight is 363 g/mol. The number of nitrogens with zero attached hydrogens (tertiary/aromatic N) is 4. The molecule has 0 saturated carbocycles. The average Bonchev–Trinajstić information content (AvgIpc) is 3.29. The van der Waals surface area contributed by atoms with Crippen molar-refractivity contribution in [1.29, 1.82) is 0 Å². The summed E-state index contributed by atoms with van der Waals surface area (Å²) in [6, 6.07) is 11.8. The minimum atomic E-state index is -0.994. The number of hydrogen-bond donors (Lipinski definition) is 2. The molecule has 2 aromatic heterocycles. The minimum Gasteiger partial charge on any atom is -0.478 e. The van der Waals surface area contributed by atoms with Crippen LogP contribution in [0.25, 0.3) is 11.3 Å². The summed E-state index contributed by atoms with van der Waals surface area (Å²) in [7, 11) is 2.11. The zero-order chi connectivity index (χ0) is 18.8. The highest BCUT2D eigenvalue weighted by molar-refractivity contribution is 5.95. The van der Waals surface area contributed by atoms with E-state index in [0.717, 1.165) is 36.5 Å². The van der Waals surface area contributed by atoms with E-state index in [1.807, 2.05) is 30.3 Å². The van der Waals surface area contributed by atoms with Crippen LogP contribution in [0.1, 0.15) is 22.8 Å². The summed E-state index contributed by atoms with van der Waals surface area (Å²) in [6.45, 7) is 1.97. The Morgan fingerprint density at radius 2 is 2.00 bits per heavy atom. The number of likely N-dealkylation sites (N-methyl/N-ethyl adjacent to an activating group) is 1. The van der Waals surface area contributed by atoms with E-state index >= 15 is 0 Å². The van der Waals surface area contributed by atoms with Crippen LogP contribution in [0, 0.1) is 0 Å². The SMILES string of the molecule is CN1CCC(n2ncc(Nc3cnccc3C(=O)O)c2-c2ccccc2)C1. The number of rotatable bonds is 5. The molecule has 1 saturated heterocycles. The molecule has 138 valence electrons. The highest BCUT2D eigenvalue weighted by Gasteiger charge is 2.26. The molecule has 2 N–H and O–H groups in total. The molecule has 4 rings (SSSR count). The zero-order valence-electron chi connectivity index (χ0n) is 15.0. The van der Waals surface area contributed by atoms with Crippen LogP contribution < -0.4 is 5.32 Å². The lowest BCUT2D eigenvalue weighted by Gasteiger charge is -2.17. The van der Waals surface area contributed by atoms with Crippen LogP contribution in [0.15, 0.2) is 55.0 Å². The molecule has 3 heterocycles. The molecule has 0 aliphatic carbocycles. The number of benzene rings is 1. The van der Waals surface area contributed by atoms with Gasteiger partial charge < -0.3 is 15.3 Å².